The van der Waals surface area contributed by atoms with E-state index in [4.69, 9.17) is 14.5 Å². The topological polar surface area (TPSA) is 91.8 Å². The van der Waals surface area contributed by atoms with Crippen molar-refractivity contribution in [1.29, 1.82) is 0 Å². The van der Waals surface area contributed by atoms with E-state index in [2.05, 4.69) is 34.6 Å². The predicted octanol–water partition coefficient (Wildman–Crippen LogP) is 3.67. The van der Waals surface area contributed by atoms with Crippen LogP contribution in [0.3, 0.4) is 0 Å². The molecule has 0 aliphatic rings. The van der Waals surface area contributed by atoms with Gasteiger partial charge in [-0.1, -0.05) is 12.1 Å². The molecule has 2 aromatic carbocycles. The van der Waals surface area contributed by atoms with Gasteiger partial charge in [0.1, 0.15) is 17.3 Å². The molecule has 9 heteroatoms. The third-order valence-corrected chi connectivity index (χ3v) is 5.05. The number of anilines is 2. The van der Waals surface area contributed by atoms with E-state index in [9.17, 15) is 4.79 Å². The molecule has 0 saturated carbocycles. The fraction of sp³-hybridized carbons (Fsp3) is 0.375. The van der Waals surface area contributed by atoms with Crippen LogP contribution in [0, 0.1) is 0 Å². The van der Waals surface area contributed by atoms with E-state index in [1.807, 2.05) is 24.3 Å². The Kier molecular flexibility index (Phi) is 8.26. The third kappa shape index (κ3) is 6.69. The Morgan fingerprint density at radius 3 is 2.36 bits per heavy atom. The quantitative estimate of drug-likeness (QED) is 0.454. The molecule has 3 rings (SSSR count). The summed E-state index contributed by atoms with van der Waals surface area (Å²) in [5.41, 5.74) is 1.41. The smallest absolute Gasteiger partial charge is 0.321 e. The van der Waals surface area contributed by atoms with Gasteiger partial charge in [0.2, 0.25) is 0 Å². The van der Waals surface area contributed by atoms with Crippen LogP contribution in [0.1, 0.15) is 12.2 Å². The zero-order valence-electron chi connectivity index (χ0n) is 19.9. The molecule has 0 fully saturated rings. The first-order valence-corrected chi connectivity index (χ1v) is 10.8. The molecule has 33 heavy (non-hydrogen) atoms. The van der Waals surface area contributed by atoms with Crippen molar-refractivity contribution >= 4 is 28.4 Å². The molecule has 0 saturated heterocycles. The van der Waals surface area contributed by atoms with Gasteiger partial charge in [0.25, 0.3) is 0 Å². The standard InChI is InChI=1S/C24H32N6O3/c1-29(2)12-8-11-25-23-20-9-6-7-10-21(20)27-22(28-23)16-30(3)24(31)26-17-13-18(32-4)15-19(14-17)33-5/h6-7,9-10,13-15H,8,11-12,16H2,1-5H3,(H,26,31)(H,25,27,28). The Hall–Kier alpha value is -3.59. The molecule has 0 radical (unpaired) electrons. The monoisotopic (exact) mass is 452 g/mol. The molecule has 2 N–H and O–H groups in total. The van der Waals surface area contributed by atoms with Gasteiger partial charge in [-0.25, -0.2) is 14.8 Å². The second kappa shape index (κ2) is 11.3. The van der Waals surface area contributed by atoms with Gasteiger partial charge in [0, 0.05) is 42.9 Å². The van der Waals surface area contributed by atoms with Crippen LogP contribution in [-0.4, -0.2) is 74.3 Å². The molecule has 0 unspecified atom stereocenters. The normalized spacial score (nSPS) is 10.8. The van der Waals surface area contributed by atoms with Crippen LogP contribution in [0.25, 0.3) is 10.9 Å². The first kappa shape index (κ1) is 24.1. The summed E-state index contributed by atoms with van der Waals surface area (Å²) in [4.78, 5) is 25.8. The summed E-state index contributed by atoms with van der Waals surface area (Å²) >= 11 is 0. The van der Waals surface area contributed by atoms with Gasteiger partial charge in [-0.15, -0.1) is 0 Å². The number of benzene rings is 2. The first-order chi connectivity index (χ1) is 15.9. The van der Waals surface area contributed by atoms with Crippen molar-refractivity contribution in [2.24, 2.45) is 0 Å². The average Bonchev–Trinajstić information content (AvgIpc) is 2.81. The van der Waals surface area contributed by atoms with Crippen molar-refractivity contribution in [3.63, 3.8) is 0 Å². The first-order valence-electron chi connectivity index (χ1n) is 10.8. The number of para-hydroxylation sites is 1. The van der Waals surface area contributed by atoms with Crippen LogP contribution in [0.4, 0.5) is 16.3 Å². The largest absolute Gasteiger partial charge is 0.497 e. The van der Waals surface area contributed by atoms with Gasteiger partial charge in [-0.05, 0) is 39.2 Å². The molecule has 0 aliphatic carbocycles. The summed E-state index contributed by atoms with van der Waals surface area (Å²) in [5.74, 6) is 2.52. The van der Waals surface area contributed by atoms with Crippen molar-refractivity contribution in [3.8, 4) is 11.5 Å². The fourth-order valence-corrected chi connectivity index (χ4v) is 3.31. The van der Waals surface area contributed by atoms with Crippen molar-refractivity contribution < 1.29 is 14.3 Å². The number of hydrogen-bond donors (Lipinski definition) is 2. The number of ether oxygens (including phenoxy) is 2. The van der Waals surface area contributed by atoms with Crippen LogP contribution < -0.4 is 20.1 Å². The molecule has 0 aliphatic heterocycles. The van der Waals surface area contributed by atoms with Gasteiger partial charge in [0.05, 0.1) is 26.3 Å². The predicted molar refractivity (Wildman–Crippen MR) is 131 cm³/mol. The molecule has 2 amide bonds. The van der Waals surface area contributed by atoms with E-state index in [-0.39, 0.29) is 12.6 Å². The molecule has 176 valence electrons. The third-order valence-electron chi connectivity index (χ3n) is 5.05. The SMILES string of the molecule is COc1cc(NC(=O)N(C)Cc2nc(NCCCN(C)C)c3ccccc3n2)cc(OC)c1. The van der Waals surface area contributed by atoms with Crippen LogP contribution in [0.2, 0.25) is 0 Å². The highest BCUT2D eigenvalue weighted by molar-refractivity contribution is 5.90. The number of amides is 2. The summed E-state index contributed by atoms with van der Waals surface area (Å²) in [6, 6.07) is 12.8. The van der Waals surface area contributed by atoms with E-state index < -0.39 is 0 Å². The fourth-order valence-electron chi connectivity index (χ4n) is 3.31. The molecule has 1 aromatic heterocycles. The van der Waals surface area contributed by atoms with Gasteiger partial charge < -0.3 is 29.9 Å². The second-order valence-electron chi connectivity index (χ2n) is 7.98. The lowest BCUT2D eigenvalue weighted by Crippen LogP contribution is -2.31. The number of rotatable bonds is 10. The lowest BCUT2D eigenvalue weighted by molar-refractivity contribution is 0.219. The van der Waals surface area contributed by atoms with Gasteiger partial charge in [-0.2, -0.15) is 0 Å². The van der Waals surface area contributed by atoms with Crippen LogP contribution in [0.15, 0.2) is 42.5 Å². The molecule has 0 spiro atoms. The highest BCUT2D eigenvalue weighted by Gasteiger charge is 2.14. The summed E-state index contributed by atoms with van der Waals surface area (Å²) in [7, 11) is 8.95. The summed E-state index contributed by atoms with van der Waals surface area (Å²) < 4.78 is 10.5. The van der Waals surface area contributed by atoms with Crippen molar-refractivity contribution in [2.45, 2.75) is 13.0 Å². The summed E-state index contributed by atoms with van der Waals surface area (Å²) in [6.45, 7) is 2.04. The highest BCUT2D eigenvalue weighted by atomic mass is 16.5. The second-order valence-corrected chi connectivity index (χ2v) is 7.98. The number of hydrogen-bond acceptors (Lipinski definition) is 7. The number of nitrogens with zero attached hydrogens (tertiary/aromatic N) is 4. The summed E-state index contributed by atoms with van der Waals surface area (Å²) in [6.07, 6.45) is 0.993. The molecular formula is C24H32N6O3. The van der Waals surface area contributed by atoms with Crippen LogP contribution >= 0.6 is 0 Å². The lowest BCUT2D eigenvalue weighted by Gasteiger charge is -2.19. The van der Waals surface area contributed by atoms with E-state index >= 15 is 0 Å². The molecule has 0 bridgehead atoms. The van der Waals surface area contributed by atoms with E-state index in [0.29, 0.717) is 23.0 Å². The Balaban J connectivity index is 1.73. The van der Waals surface area contributed by atoms with Crippen molar-refractivity contribution in [3.05, 3.63) is 48.3 Å². The van der Waals surface area contributed by atoms with Crippen molar-refractivity contribution in [2.75, 3.05) is 59.1 Å². The zero-order valence-corrected chi connectivity index (χ0v) is 19.9. The van der Waals surface area contributed by atoms with E-state index in [1.165, 1.54) is 4.90 Å². The lowest BCUT2D eigenvalue weighted by atomic mass is 10.2. The molecule has 3 aromatic rings. The number of aromatic nitrogens is 2. The number of carbonyl (C=O) groups is 1. The minimum absolute atomic E-state index is 0.254. The number of carbonyl (C=O) groups excluding carboxylic acids is 1. The number of urea groups is 1. The highest BCUT2D eigenvalue weighted by Crippen LogP contribution is 2.26. The van der Waals surface area contributed by atoms with Crippen molar-refractivity contribution in [1.82, 2.24) is 19.8 Å². The Labute approximate surface area is 194 Å². The minimum Gasteiger partial charge on any atom is -0.497 e. The molecule has 9 nitrogen and oxygen atoms in total. The molecule has 1 heterocycles. The average molecular weight is 453 g/mol. The van der Waals surface area contributed by atoms with Gasteiger partial charge in [-0.3, -0.25) is 0 Å². The summed E-state index contributed by atoms with van der Waals surface area (Å²) in [5, 5.41) is 7.25. The van der Waals surface area contributed by atoms with E-state index in [1.54, 1.807) is 39.5 Å². The number of methoxy groups -OCH3 is 2. The minimum atomic E-state index is -0.289. The zero-order chi connectivity index (χ0) is 23.8. The Bertz CT molecular complexity index is 1070. The Morgan fingerprint density at radius 1 is 1.00 bits per heavy atom. The maximum absolute atomic E-state index is 12.8. The maximum atomic E-state index is 12.8. The van der Waals surface area contributed by atoms with E-state index in [0.717, 1.165) is 36.2 Å². The van der Waals surface area contributed by atoms with Crippen LogP contribution in [-0.2, 0) is 6.54 Å². The number of fused-ring (bicyclic) bond motifs is 1. The van der Waals surface area contributed by atoms with Crippen LogP contribution in [0.5, 0.6) is 11.5 Å². The Morgan fingerprint density at radius 2 is 1.70 bits per heavy atom. The molecule has 0 atom stereocenters. The maximum Gasteiger partial charge on any atom is 0.321 e. The molecular weight excluding hydrogens is 420 g/mol. The van der Waals surface area contributed by atoms with Gasteiger partial charge >= 0.3 is 6.03 Å². The van der Waals surface area contributed by atoms with Gasteiger partial charge in [0.15, 0.2) is 5.82 Å². The number of nitrogens with one attached hydrogen (secondary N) is 2.